The molecule has 0 saturated carbocycles. The number of aromatic nitrogens is 4. The lowest BCUT2D eigenvalue weighted by atomic mass is 10.2. The summed E-state index contributed by atoms with van der Waals surface area (Å²) in [6.45, 7) is 4.03. The Bertz CT molecular complexity index is 1200. The lowest BCUT2D eigenvalue weighted by Gasteiger charge is -2.11. The molecule has 0 spiro atoms. The molecule has 31 heavy (non-hydrogen) atoms. The zero-order valence-corrected chi connectivity index (χ0v) is 18.7. The third-order valence-corrected chi connectivity index (χ3v) is 5.93. The van der Waals surface area contributed by atoms with Crippen LogP contribution in [0.15, 0.2) is 65.8 Å². The van der Waals surface area contributed by atoms with Crippen molar-refractivity contribution in [2.75, 3.05) is 5.75 Å². The minimum Gasteiger partial charge on any atom is -0.484 e. The number of carbonyl (C=O) groups excluding carboxylic acids is 1. The number of halogens is 1. The maximum absolute atomic E-state index is 12.7. The first-order chi connectivity index (χ1) is 15.0. The summed E-state index contributed by atoms with van der Waals surface area (Å²) in [4.78, 5) is 15.9. The molecule has 0 aliphatic rings. The molecule has 0 radical (unpaired) electrons. The molecule has 4 aromatic rings. The van der Waals surface area contributed by atoms with Crippen LogP contribution >= 0.6 is 23.4 Å². The van der Waals surface area contributed by atoms with Crippen molar-refractivity contribution < 1.29 is 9.53 Å². The van der Waals surface area contributed by atoms with Crippen LogP contribution < -0.4 is 4.74 Å². The van der Waals surface area contributed by atoms with Gasteiger partial charge < -0.3 is 9.72 Å². The van der Waals surface area contributed by atoms with E-state index in [0.29, 0.717) is 27.3 Å². The highest BCUT2D eigenvalue weighted by Gasteiger charge is 2.18. The molecule has 0 atom stereocenters. The summed E-state index contributed by atoms with van der Waals surface area (Å²) in [5, 5.41) is 9.80. The lowest BCUT2D eigenvalue weighted by molar-refractivity contribution is 0.102. The monoisotopic (exact) mass is 452 g/mol. The van der Waals surface area contributed by atoms with E-state index in [1.165, 1.54) is 11.8 Å². The van der Waals surface area contributed by atoms with Crippen LogP contribution in [0.25, 0.3) is 5.69 Å². The predicted octanol–water partition coefficient (Wildman–Crippen LogP) is 5.42. The van der Waals surface area contributed by atoms with E-state index in [9.17, 15) is 4.79 Å². The van der Waals surface area contributed by atoms with E-state index in [4.69, 9.17) is 16.3 Å². The molecule has 0 aliphatic heterocycles. The van der Waals surface area contributed by atoms with E-state index in [2.05, 4.69) is 15.2 Å². The molecule has 0 unspecified atom stereocenters. The first-order valence-electron chi connectivity index (χ1n) is 9.72. The van der Waals surface area contributed by atoms with Gasteiger partial charge in [0, 0.05) is 22.6 Å². The zero-order chi connectivity index (χ0) is 21.8. The van der Waals surface area contributed by atoms with Gasteiger partial charge in [0.2, 0.25) is 0 Å². The minimum atomic E-state index is 0.0447. The van der Waals surface area contributed by atoms with Gasteiger partial charge in [-0.05, 0) is 44.2 Å². The van der Waals surface area contributed by atoms with Gasteiger partial charge in [0.25, 0.3) is 0 Å². The Morgan fingerprint density at radius 2 is 1.84 bits per heavy atom. The number of para-hydroxylation sites is 2. The molecule has 1 N–H and O–H groups in total. The van der Waals surface area contributed by atoms with Gasteiger partial charge >= 0.3 is 0 Å². The zero-order valence-electron chi connectivity index (χ0n) is 17.1. The van der Waals surface area contributed by atoms with Crippen LogP contribution in [0.1, 0.15) is 27.6 Å². The molecule has 2 heterocycles. The summed E-state index contributed by atoms with van der Waals surface area (Å²) in [7, 11) is 0. The van der Waals surface area contributed by atoms with Crippen molar-refractivity contribution >= 4 is 29.1 Å². The van der Waals surface area contributed by atoms with Crippen molar-refractivity contribution in [3.8, 4) is 11.4 Å². The Morgan fingerprint density at radius 3 is 2.55 bits per heavy atom. The fourth-order valence-corrected chi connectivity index (χ4v) is 4.29. The van der Waals surface area contributed by atoms with Crippen molar-refractivity contribution in [3.63, 3.8) is 0 Å². The highest BCUT2D eigenvalue weighted by molar-refractivity contribution is 7.99. The normalized spacial score (nSPS) is 10.9. The molecule has 0 amide bonds. The Morgan fingerprint density at radius 1 is 1.10 bits per heavy atom. The largest absolute Gasteiger partial charge is 0.484 e. The van der Waals surface area contributed by atoms with Crippen molar-refractivity contribution in [2.45, 2.75) is 25.6 Å². The van der Waals surface area contributed by atoms with Gasteiger partial charge in [-0.3, -0.25) is 9.36 Å². The average Bonchev–Trinajstić information content (AvgIpc) is 3.34. The third-order valence-electron chi connectivity index (χ3n) is 4.69. The Balaban J connectivity index is 1.57. The van der Waals surface area contributed by atoms with Gasteiger partial charge in [-0.15, -0.1) is 10.2 Å². The molecule has 0 bridgehead atoms. The van der Waals surface area contributed by atoms with Crippen molar-refractivity contribution in [2.24, 2.45) is 0 Å². The van der Waals surface area contributed by atoms with Crippen molar-refractivity contribution in [3.05, 3.63) is 88.5 Å². The Hall–Kier alpha value is -3.03. The number of rotatable bonds is 8. The fraction of sp³-hybridized carbons (Fsp3) is 0.174. The van der Waals surface area contributed by atoms with E-state index in [1.807, 2.05) is 66.9 Å². The van der Waals surface area contributed by atoms with Gasteiger partial charge in [0.05, 0.1) is 10.8 Å². The van der Waals surface area contributed by atoms with Gasteiger partial charge in [-0.2, -0.15) is 0 Å². The summed E-state index contributed by atoms with van der Waals surface area (Å²) < 4.78 is 7.78. The van der Waals surface area contributed by atoms with Gasteiger partial charge in [-0.25, -0.2) is 0 Å². The number of carbonyl (C=O) groups is 1. The molecule has 158 valence electrons. The average molecular weight is 453 g/mol. The number of ketones is 1. The van der Waals surface area contributed by atoms with Gasteiger partial charge in [0.15, 0.2) is 16.8 Å². The van der Waals surface area contributed by atoms with E-state index in [0.717, 1.165) is 17.1 Å². The second-order valence-electron chi connectivity index (χ2n) is 6.99. The van der Waals surface area contributed by atoms with Crippen molar-refractivity contribution in [1.29, 1.82) is 0 Å². The number of thioether (sulfide) groups is 1. The van der Waals surface area contributed by atoms with Crippen LogP contribution in [-0.2, 0) is 6.61 Å². The highest BCUT2D eigenvalue weighted by Crippen LogP contribution is 2.27. The van der Waals surface area contributed by atoms with E-state index in [-0.39, 0.29) is 18.1 Å². The summed E-state index contributed by atoms with van der Waals surface area (Å²) in [5.74, 6) is 1.50. The van der Waals surface area contributed by atoms with Crippen molar-refractivity contribution in [1.82, 2.24) is 19.7 Å². The molecule has 2 aromatic heterocycles. The first-order valence-corrected chi connectivity index (χ1v) is 11.1. The molecule has 8 heteroatoms. The molecule has 0 fully saturated rings. The standard InChI is InChI=1S/C23H21ClN4O2S/c1-15-12-18(16(2)25-15)20(29)14-31-23-27-26-22(28(23)17-8-4-3-5-9-17)13-30-21-11-7-6-10-19(21)24/h3-12,25H,13-14H2,1-2H3. The van der Waals surface area contributed by atoms with E-state index >= 15 is 0 Å². The Labute approximate surface area is 189 Å². The van der Waals surface area contributed by atoms with Crippen LogP contribution in [0.4, 0.5) is 0 Å². The fourth-order valence-electron chi connectivity index (χ4n) is 3.25. The smallest absolute Gasteiger partial charge is 0.196 e. The summed E-state index contributed by atoms with van der Waals surface area (Å²) >= 11 is 7.55. The van der Waals surface area contributed by atoms with Crippen LogP contribution in [0.3, 0.4) is 0 Å². The van der Waals surface area contributed by atoms with Crippen LogP contribution in [0, 0.1) is 13.8 Å². The summed E-state index contributed by atoms with van der Waals surface area (Å²) in [5.41, 5.74) is 3.45. The molecule has 4 rings (SSSR count). The molecule has 6 nitrogen and oxygen atoms in total. The van der Waals surface area contributed by atoms with E-state index in [1.54, 1.807) is 12.1 Å². The number of aromatic amines is 1. The maximum Gasteiger partial charge on any atom is 0.196 e. The topological polar surface area (TPSA) is 72.8 Å². The molecular formula is C23H21ClN4O2S. The van der Waals surface area contributed by atoms with Gasteiger partial charge in [-0.1, -0.05) is 53.7 Å². The second-order valence-corrected chi connectivity index (χ2v) is 8.34. The molecule has 0 aliphatic carbocycles. The lowest BCUT2D eigenvalue weighted by Crippen LogP contribution is -2.08. The number of benzene rings is 2. The number of hydrogen-bond acceptors (Lipinski definition) is 5. The third kappa shape index (κ3) is 4.84. The maximum atomic E-state index is 12.7. The number of H-pyrrole nitrogens is 1. The first kappa shape index (κ1) is 21.2. The molecule has 0 saturated heterocycles. The summed E-state index contributed by atoms with van der Waals surface area (Å²) in [6.07, 6.45) is 0. The predicted molar refractivity (Wildman–Crippen MR) is 122 cm³/mol. The number of nitrogens with zero attached hydrogens (tertiary/aromatic N) is 3. The molecule has 2 aromatic carbocycles. The minimum absolute atomic E-state index is 0.0447. The number of ether oxygens (including phenoxy) is 1. The second kappa shape index (κ2) is 9.41. The summed E-state index contributed by atoms with van der Waals surface area (Å²) in [6, 6.07) is 18.9. The number of Topliss-reactive ketones (excluding diaryl/α,β-unsaturated/α-hetero) is 1. The highest BCUT2D eigenvalue weighted by atomic mass is 35.5. The van der Waals surface area contributed by atoms with Crippen LogP contribution in [0.5, 0.6) is 5.75 Å². The van der Waals surface area contributed by atoms with Gasteiger partial charge in [0.1, 0.15) is 12.4 Å². The SMILES string of the molecule is Cc1cc(C(=O)CSc2nnc(COc3ccccc3Cl)n2-c2ccccc2)c(C)[nH]1. The molecular weight excluding hydrogens is 432 g/mol. The number of aryl methyl sites for hydroxylation is 2. The van der Waals surface area contributed by atoms with Crippen LogP contribution in [0.2, 0.25) is 5.02 Å². The number of nitrogens with one attached hydrogen (secondary N) is 1. The number of hydrogen-bond donors (Lipinski definition) is 1. The quantitative estimate of drug-likeness (QED) is 0.285. The van der Waals surface area contributed by atoms with Crippen LogP contribution in [-0.4, -0.2) is 31.3 Å². The Kier molecular flexibility index (Phi) is 6.44. The van der Waals surface area contributed by atoms with E-state index < -0.39 is 0 Å².